The van der Waals surface area contributed by atoms with Crippen LogP contribution in [0.1, 0.15) is 12.8 Å². The van der Waals surface area contributed by atoms with Gasteiger partial charge in [-0.25, -0.2) is 0 Å². The molecule has 0 bridgehead atoms. The van der Waals surface area contributed by atoms with Crippen LogP contribution in [0.4, 0.5) is 5.69 Å². The number of benzene rings is 1. The lowest BCUT2D eigenvalue weighted by Gasteiger charge is -2.12. The average Bonchev–Trinajstić information content (AvgIpc) is 3.14. The highest BCUT2D eigenvalue weighted by atomic mass is 35.5. The Bertz CT molecular complexity index is 707. The lowest BCUT2D eigenvalue weighted by molar-refractivity contribution is -0.125. The van der Waals surface area contributed by atoms with Gasteiger partial charge in [0.2, 0.25) is 5.91 Å². The third-order valence-corrected chi connectivity index (χ3v) is 5.02. The number of thioether (sulfide) groups is 1. The number of nitrogens with one attached hydrogen (secondary N) is 1. The number of hydrogen-bond acceptors (Lipinski definition) is 4. The normalized spacial score (nSPS) is 19.4. The summed E-state index contributed by atoms with van der Waals surface area (Å²) in [5, 5.41) is 4.15. The Hall–Kier alpha value is -1.50. The second kappa shape index (κ2) is 6.95. The van der Waals surface area contributed by atoms with Gasteiger partial charge in [-0.05, 0) is 36.7 Å². The fourth-order valence-electron chi connectivity index (χ4n) is 2.33. The minimum atomic E-state index is -0.437. The zero-order valence-corrected chi connectivity index (χ0v) is 14.3. The van der Waals surface area contributed by atoms with Crippen molar-refractivity contribution in [2.75, 3.05) is 18.4 Å². The molecule has 1 N–H and O–H groups in total. The van der Waals surface area contributed by atoms with Crippen LogP contribution in [-0.4, -0.2) is 35.0 Å². The molecule has 3 rings (SSSR count). The smallest absolute Gasteiger partial charge is 0.286 e. The molecular weight excluding hydrogens is 357 g/mol. The summed E-state index contributed by atoms with van der Waals surface area (Å²) in [6.45, 7) is 1.48. The molecule has 120 valence electrons. The number of likely N-dealkylation sites (tertiary alicyclic amines) is 1. The zero-order valence-electron chi connectivity index (χ0n) is 12.0. The van der Waals surface area contributed by atoms with Crippen LogP contribution in [0, 0.1) is 0 Å². The maximum absolute atomic E-state index is 12.1. The second-order valence-electron chi connectivity index (χ2n) is 5.09. The van der Waals surface area contributed by atoms with Gasteiger partial charge in [0, 0.05) is 19.2 Å². The molecule has 0 aliphatic carbocycles. The molecule has 0 atom stereocenters. The van der Waals surface area contributed by atoms with Crippen molar-refractivity contribution >= 4 is 57.6 Å². The Morgan fingerprint density at radius 2 is 1.91 bits per heavy atom. The van der Waals surface area contributed by atoms with Gasteiger partial charge in [0.1, 0.15) is 0 Å². The minimum Gasteiger partial charge on any atom is -0.339 e. The van der Waals surface area contributed by atoms with Crippen molar-refractivity contribution < 1.29 is 9.59 Å². The van der Waals surface area contributed by atoms with Crippen molar-refractivity contribution in [3.8, 4) is 0 Å². The summed E-state index contributed by atoms with van der Waals surface area (Å²) in [6.07, 6.45) is 3.36. The van der Waals surface area contributed by atoms with Crippen molar-refractivity contribution in [2.24, 2.45) is 4.99 Å². The number of hydrogen-bond donors (Lipinski definition) is 1. The van der Waals surface area contributed by atoms with Gasteiger partial charge in [-0.3, -0.25) is 9.59 Å². The summed E-state index contributed by atoms with van der Waals surface area (Å²) in [7, 11) is 0. The Kier molecular flexibility index (Phi) is 4.94. The Morgan fingerprint density at radius 3 is 2.57 bits per heavy atom. The van der Waals surface area contributed by atoms with E-state index in [1.54, 1.807) is 23.1 Å². The number of aliphatic imine (C=N–C) groups is 1. The summed E-state index contributed by atoms with van der Waals surface area (Å²) >= 11 is 13.3. The van der Waals surface area contributed by atoms with Crippen molar-refractivity contribution in [1.82, 2.24) is 4.90 Å². The maximum atomic E-state index is 12.1. The monoisotopic (exact) mass is 369 g/mol. The third kappa shape index (κ3) is 3.71. The van der Waals surface area contributed by atoms with Gasteiger partial charge in [0.15, 0.2) is 5.17 Å². The lowest BCUT2D eigenvalue weighted by atomic mass is 10.3. The van der Waals surface area contributed by atoms with Gasteiger partial charge in [0.05, 0.1) is 20.6 Å². The molecule has 1 aromatic rings. The standard InChI is InChI=1S/C15H13Cl2N3O2S/c16-9-4-3-5-10(17)13(9)18-15-19-14(22)11(23-15)8-12(21)20-6-1-2-7-20/h3-5,8H,1-2,6-7H2,(H,18,19,22). The highest BCUT2D eigenvalue weighted by Crippen LogP contribution is 2.34. The van der Waals surface area contributed by atoms with E-state index >= 15 is 0 Å². The van der Waals surface area contributed by atoms with Crippen LogP contribution in [0.3, 0.4) is 0 Å². The van der Waals surface area contributed by atoms with E-state index in [0.717, 1.165) is 37.7 Å². The molecule has 2 aliphatic heterocycles. The van der Waals surface area contributed by atoms with E-state index in [9.17, 15) is 9.59 Å². The van der Waals surface area contributed by atoms with E-state index in [1.165, 1.54) is 6.08 Å². The van der Waals surface area contributed by atoms with Crippen molar-refractivity contribution in [1.29, 1.82) is 0 Å². The summed E-state index contributed by atoms with van der Waals surface area (Å²) in [5.41, 5.74) is 0.488. The fraction of sp³-hybridized carbons (Fsp3) is 0.267. The number of rotatable bonds is 2. The number of anilines is 1. The summed E-state index contributed by atoms with van der Waals surface area (Å²) in [5.74, 6) is -0.584. The summed E-state index contributed by atoms with van der Waals surface area (Å²) in [6, 6.07) is 5.10. The predicted octanol–water partition coefficient (Wildman–Crippen LogP) is 3.54. The van der Waals surface area contributed by atoms with Gasteiger partial charge in [0.25, 0.3) is 5.91 Å². The van der Waals surface area contributed by atoms with Crippen LogP contribution in [0.25, 0.3) is 0 Å². The van der Waals surface area contributed by atoms with Crippen LogP contribution in [0.2, 0.25) is 10.0 Å². The number of nitrogens with zero attached hydrogens (tertiary/aromatic N) is 2. The van der Waals surface area contributed by atoms with Gasteiger partial charge in [-0.2, -0.15) is 4.99 Å². The first-order chi connectivity index (χ1) is 11.0. The molecule has 0 aromatic heterocycles. The van der Waals surface area contributed by atoms with E-state index in [2.05, 4.69) is 10.3 Å². The number of para-hydroxylation sites is 1. The van der Waals surface area contributed by atoms with Crippen LogP contribution in [0.5, 0.6) is 0 Å². The SMILES string of the molecule is O=C1N=C(Nc2c(Cl)cccc2Cl)SC1=CC(=O)N1CCCC1. The molecule has 23 heavy (non-hydrogen) atoms. The Labute approximate surface area is 147 Å². The Morgan fingerprint density at radius 1 is 1.26 bits per heavy atom. The molecule has 2 aliphatic rings. The van der Waals surface area contributed by atoms with E-state index in [4.69, 9.17) is 23.2 Å². The van der Waals surface area contributed by atoms with Gasteiger partial charge >= 0.3 is 0 Å². The maximum Gasteiger partial charge on any atom is 0.286 e. The van der Waals surface area contributed by atoms with Crippen molar-refractivity contribution in [3.63, 3.8) is 0 Å². The molecule has 1 aromatic carbocycles. The minimum absolute atomic E-state index is 0.148. The molecule has 8 heteroatoms. The van der Waals surface area contributed by atoms with Crippen LogP contribution >= 0.6 is 35.0 Å². The number of halogens is 2. The quantitative estimate of drug-likeness (QED) is 0.809. The number of amidine groups is 1. The molecule has 0 saturated carbocycles. The fourth-order valence-corrected chi connectivity index (χ4v) is 3.60. The van der Waals surface area contributed by atoms with Crippen molar-refractivity contribution in [3.05, 3.63) is 39.2 Å². The Balaban J connectivity index is 1.71. The molecular formula is C15H13Cl2N3O2S. The lowest BCUT2D eigenvalue weighted by Crippen LogP contribution is -2.26. The van der Waals surface area contributed by atoms with E-state index in [0.29, 0.717) is 25.8 Å². The highest BCUT2D eigenvalue weighted by molar-refractivity contribution is 8.18. The summed E-state index contributed by atoms with van der Waals surface area (Å²) in [4.78, 5) is 30.0. The first-order valence-electron chi connectivity index (χ1n) is 7.07. The molecule has 1 fully saturated rings. The topological polar surface area (TPSA) is 61.8 Å². The second-order valence-corrected chi connectivity index (χ2v) is 6.93. The van der Waals surface area contributed by atoms with Crippen LogP contribution < -0.4 is 5.32 Å². The first kappa shape index (κ1) is 16.4. The van der Waals surface area contributed by atoms with Crippen LogP contribution in [-0.2, 0) is 9.59 Å². The number of amides is 2. The first-order valence-corrected chi connectivity index (χ1v) is 8.64. The number of carbonyl (C=O) groups excluding carboxylic acids is 2. The third-order valence-electron chi connectivity index (χ3n) is 3.49. The largest absolute Gasteiger partial charge is 0.339 e. The zero-order chi connectivity index (χ0) is 16.4. The predicted molar refractivity (Wildman–Crippen MR) is 94.0 cm³/mol. The van der Waals surface area contributed by atoms with Crippen LogP contribution in [0.15, 0.2) is 34.2 Å². The van der Waals surface area contributed by atoms with E-state index in [1.807, 2.05) is 0 Å². The summed E-state index contributed by atoms with van der Waals surface area (Å²) < 4.78 is 0. The van der Waals surface area contributed by atoms with Gasteiger partial charge < -0.3 is 10.2 Å². The highest BCUT2D eigenvalue weighted by Gasteiger charge is 2.26. The number of carbonyl (C=O) groups is 2. The van der Waals surface area contributed by atoms with Gasteiger partial charge in [-0.15, -0.1) is 0 Å². The van der Waals surface area contributed by atoms with E-state index in [-0.39, 0.29) is 5.91 Å². The molecule has 0 spiro atoms. The molecule has 0 radical (unpaired) electrons. The van der Waals surface area contributed by atoms with E-state index < -0.39 is 5.91 Å². The molecule has 0 unspecified atom stereocenters. The average molecular weight is 370 g/mol. The molecule has 1 saturated heterocycles. The van der Waals surface area contributed by atoms with Gasteiger partial charge in [-0.1, -0.05) is 29.3 Å². The molecule has 5 nitrogen and oxygen atoms in total. The molecule has 2 heterocycles. The van der Waals surface area contributed by atoms with Crippen molar-refractivity contribution in [2.45, 2.75) is 12.8 Å². The molecule has 2 amide bonds.